The number of hydrogen-bond acceptors (Lipinski definition) is 5. The monoisotopic (exact) mass is 374 g/mol. The van der Waals surface area contributed by atoms with Gasteiger partial charge in [-0.3, -0.25) is 9.59 Å². The number of nitrogens with zero attached hydrogens (tertiary/aromatic N) is 2. The summed E-state index contributed by atoms with van der Waals surface area (Å²) in [5.74, 6) is -0.556. The van der Waals surface area contributed by atoms with Crippen molar-refractivity contribution in [1.82, 2.24) is 4.90 Å². The third-order valence-corrected chi connectivity index (χ3v) is 5.15. The van der Waals surface area contributed by atoms with Crippen molar-refractivity contribution in [2.24, 2.45) is 0 Å². The number of carbonyl (C=O) groups excluding carboxylic acids is 3. The van der Waals surface area contributed by atoms with E-state index in [9.17, 15) is 14.4 Å². The van der Waals surface area contributed by atoms with Gasteiger partial charge in [-0.15, -0.1) is 0 Å². The van der Waals surface area contributed by atoms with Crippen molar-refractivity contribution in [1.29, 1.82) is 0 Å². The molecule has 2 aliphatic rings. The quantitative estimate of drug-likeness (QED) is 0.744. The summed E-state index contributed by atoms with van der Waals surface area (Å²) in [5.41, 5.74) is 0.406. The summed E-state index contributed by atoms with van der Waals surface area (Å²) in [4.78, 5) is 40.6. The van der Waals surface area contributed by atoms with Crippen LogP contribution in [-0.2, 0) is 24.5 Å². The second kappa shape index (κ2) is 6.87. The van der Waals surface area contributed by atoms with Crippen LogP contribution in [-0.4, -0.2) is 55.2 Å². The summed E-state index contributed by atoms with van der Waals surface area (Å²) < 4.78 is 10.2. The normalized spacial score (nSPS) is 18.4. The number of likely N-dealkylation sites (tertiary alicyclic amines) is 1. The maximum atomic E-state index is 13.3. The molecule has 2 amide bonds. The lowest BCUT2D eigenvalue weighted by atomic mass is 9.74. The van der Waals surface area contributed by atoms with Gasteiger partial charge >= 0.3 is 12.1 Å². The Morgan fingerprint density at radius 2 is 1.78 bits per heavy atom. The molecule has 1 saturated heterocycles. The molecule has 0 aromatic heterocycles. The zero-order valence-electron chi connectivity index (χ0n) is 16.3. The fraction of sp³-hybridized carbons (Fsp3) is 0.550. The number of fused-ring (bicyclic) bond motifs is 2. The first-order valence-corrected chi connectivity index (χ1v) is 9.14. The summed E-state index contributed by atoms with van der Waals surface area (Å²) in [6.45, 7) is 6.25. The second-order valence-electron chi connectivity index (χ2n) is 8.03. The van der Waals surface area contributed by atoms with Crippen molar-refractivity contribution >= 4 is 23.7 Å². The first-order valence-electron chi connectivity index (χ1n) is 9.14. The number of hydrogen-bond donors (Lipinski definition) is 0. The molecule has 7 nitrogen and oxygen atoms in total. The molecular formula is C20H26N2O5. The van der Waals surface area contributed by atoms with Crippen LogP contribution in [0.25, 0.3) is 0 Å². The molecule has 0 unspecified atom stereocenters. The Kier molecular flexibility index (Phi) is 4.88. The average molecular weight is 374 g/mol. The van der Waals surface area contributed by atoms with Crippen LogP contribution in [0.15, 0.2) is 24.3 Å². The molecule has 2 heterocycles. The number of amides is 2. The number of methoxy groups -OCH3 is 1. The Balaban J connectivity index is 1.82. The number of rotatable bonds is 2. The maximum absolute atomic E-state index is 13.3. The molecule has 1 fully saturated rings. The third-order valence-electron chi connectivity index (χ3n) is 5.15. The molecule has 0 bridgehead atoms. The van der Waals surface area contributed by atoms with E-state index >= 15 is 0 Å². The minimum atomic E-state index is -0.705. The summed E-state index contributed by atoms with van der Waals surface area (Å²) in [7, 11) is 1.31. The van der Waals surface area contributed by atoms with Crippen molar-refractivity contribution in [3.63, 3.8) is 0 Å². The predicted octanol–water partition coefficient (Wildman–Crippen LogP) is 2.47. The van der Waals surface area contributed by atoms with E-state index in [2.05, 4.69) is 0 Å². The van der Waals surface area contributed by atoms with Gasteiger partial charge in [-0.2, -0.15) is 0 Å². The third kappa shape index (κ3) is 3.50. The molecule has 3 rings (SSSR count). The van der Waals surface area contributed by atoms with Crippen molar-refractivity contribution in [3.05, 3.63) is 29.8 Å². The fourth-order valence-corrected chi connectivity index (χ4v) is 3.83. The smallest absolute Gasteiger partial charge is 0.410 e. The molecule has 1 aromatic rings. The Morgan fingerprint density at radius 3 is 2.37 bits per heavy atom. The summed E-state index contributed by atoms with van der Waals surface area (Å²) >= 11 is 0. The molecule has 1 spiro atoms. The Morgan fingerprint density at radius 1 is 1.15 bits per heavy atom. The Bertz CT molecular complexity index is 760. The molecule has 0 radical (unpaired) electrons. The highest BCUT2D eigenvalue weighted by Gasteiger charge is 2.52. The van der Waals surface area contributed by atoms with Crippen molar-refractivity contribution in [2.45, 2.75) is 44.6 Å². The molecule has 0 aliphatic carbocycles. The van der Waals surface area contributed by atoms with E-state index < -0.39 is 17.0 Å². The highest BCUT2D eigenvalue weighted by atomic mass is 16.6. The van der Waals surface area contributed by atoms with Gasteiger partial charge in [0.1, 0.15) is 12.1 Å². The van der Waals surface area contributed by atoms with E-state index in [1.807, 2.05) is 45.0 Å². The molecule has 1 aromatic carbocycles. The first kappa shape index (κ1) is 19.2. The molecule has 27 heavy (non-hydrogen) atoms. The van der Waals surface area contributed by atoms with E-state index in [1.165, 1.54) is 12.0 Å². The molecule has 0 saturated carbocycles. The number of carbonyl (C=O) groups is 3. The van der Waals surface area contributed by atoms with Gasteiger partial charge in [0.2, 0.25) is 5.91 Å². The Labute approximate surface area is 159 Å². The van der Waals surface area contributed by atoms with Gasteiger partial charge in [0.15, 0.2) is 0 Å². The van der Waals surface area contributed by atoms with E-state index in [0.717, 1.165) is 11.3 Å². The van der Waals surface area contributed by atoms with Gasteiger partial charge in [0, 0.05) is 18.8 Å². The lowest BCUT2D eigenvalue weighted by Gasteiger charge is -2.38. The Hall–Kier alpha value is -2.57. The van der Waals surface area contributed by atoms with Crippen LogP contribution in [0.4, 0.5) is 10.5 Å². The second-order valence-corrected chi connectivity index (χ2v) is 8.03. The number of piperidine rings is 1. The SMILES string of the molecule is COC(=O)CN1C(=O)C2(CCN(C(=O)OC(C)(C)C)CC2)c2ccccc21. The molecule has 0 atom stereocenters. The van der Waals surface area contributed by atoms with Gasteiger partial charge < -0.3 is 19.3 Å². The first-order chi connectivity index (χ1) is 12.7. The summed E-state index contributed by atoms with van der Waals surface area (Å²) in [6, 6.07) is 7.54. The standard InChI is InChI=1S/C20H26N2O5/c1-19(2,3)27-18(25)21-11-9-20(10-12-21)14-7-5-6-8-15(14)22(17(20)24)13-16(23)26-4/h5-8H,9-13H2,1-4H3. The lowest BCUT2D eigenvalue weighted by Crippen LogP contribution is -2.51. The number of esters is 1. The van der Waals surface area contributed by atoms with Crippen LogP contribution in [0.3, 0.4) is 0 Å². The fourth-order valence-electron chi connectivity index (χ4n) is 3.83. The zero-order chi connectivity index (χ0) is 19.8. The van der Waals surface area contributed by atoms with Crippen LogP contribution in [0.1, 0.15) is 39.2 Å². The lowest BCUT2D eigenvalue weighted by molar-refractivity contribution is -0.140. The predicted molar refractivity (Wildman–Crippen MR) is 99.5 cm³/mol. The van der Waals surface area contributed by atoms with Crippen LogP contribution in [0, 0.1) is 0 Å². The molecule has 2 aliphatic heterocycles. The van der Waals surface area contributed by atoms with Crippen LogP contribution >= 0.6 is 0 Å². The number of ether oxygens (including phenoxy) is 2. The van der Waals surface area contributed by atoms with Gasteiger partial charge in [-0.25, -0.2) is 4.79 Å². The van der Waals surface area contributed by atoms with Gasteiger partial charge in [-0.05, 0) is 45.2 Å². The van der Waals surface area contributed by atoms with Gasteiger partial charge in [0.25, 0.3) is 0 Å². The van der Waals surface area contributed by atoms with Crippen LogP contribution in [0.2, 0.25) is 0 Å². The molecule has 146 valence electrons. The number of para-hydroxylation sites is 1. The highest BCUT2D eigenvalue weighted by Crippen LogP contribution is 2.47. The van der Waals surface area contributed by atoms with Crippen molar-refractivity contribution in [3.8, 4) is 0 Å². The van der Waals surface area contributed by atoms with Crippen molar-refractivity contribution < 1.29 is 23.9 Å². The van der Waals surface area contributed by atoms with Gasteiger partial charge in [-0.1, -0.05) is 18.2 Å². The van der Waals surface area contributed by atoms with Gasteiger partial charge in [0.05, 0.1) is 12.5 Å². The largest absolute Gasteiger partial charge is 0.468 e. The van der Waals surface area contributed by atoms with Crippen LogP contribution in [0.5, 0.6) is 0 Å². The minimum absolute atomic E-state index is 0.0991. The summed E-state index contributed by atoms with van der Waals surface area (Å²) in [6.07, 6.45) is 0.641. The van der Waals surface area contributed by atoms with E-state index in [0.29, 0.717) is 25.9 Å². The van der Waals surface area contributed by atoms with Crippen molar-refractivity contribution in [2.75, 3.05) is 31.6 Å². The number of benzene rings is 1. The molecule has 7 heteroatoms. The van der Waals surface area contributed by atoms with E-state index in [1.54, 1.807) is 4.90 Å². The molecular weight excluding hydrogens is 348 g/mol. The maximum Gasteiger partial charge on any atom is 0.410 e. The summed E-state index contributed by atoms with van der Waals surface area (Å²) in [5, 5.41) is 0. The highest BCUT2D eigenvalue weighted by molar-refractivity contribution is 6.10. The minimum Gasteiger partial charge on any atom is -0.468 e. The van der Waals surface area contributed by atoms with E-state index in [4.69, 9.17) is 9.47 Å². The number of anilines is 1. The average Bonchev–Trinajstić information content (AvgIpc) is 2.84. The van der Waals surface area contributed by atoms with E-state index in [-0.39, 0.29) is 18.5 Å². The topological polar surface area (TPSA) is 76.2 Å². The zero-order valence-corrected chi connectivity index (χ0v) is 16.3. The molecule has 0 N–H and O–H groups in total. The van der Waals surface area contributed by atoms with Crippen LogP contribution < -0.4 is 4.90 Å².